The molecule has 1 aromatic heterocycles. The molecule has 0 spiro atoms. The van der Waals surface area contributed by atoms with Crippen LogP contribution in [-0.4, -0.2) is 57.7 Å². The molecular weight excluding hydrogens is 482 g/mol. The molecule has 0 aliphatic heterocycles. The molecule has 3 aromatic rings. The summed E-state index contributed by atoms with van der Waals surface area (Å²) in [5.74, 6) is -3.24. The van der Waals surface area contributed by atoms with Gasteiger partial charge >= 0.3 is 17.8 Å². The van der Waals surface area contributed by atoms with E-state index in [4.69, 9.17) is 16.1 Å². The Balaban J connectivity index is 1.71. The lowest BCUT2D eigenvalue weighted by Gasteiger charge is -2.24. The summed E-state index contributed by atoms with van der Waals surface area (Å²) in [6, 6.07) is 15.7. The zero-order valence-corrected chi connectivity index (χ0v) is 19.3. The first kappa shape index (κ1) is 25.7. The highest BCUT2D eigenvalue weighted by Gasteiger charge is 2.24. The summed E-state index contributed by atoms with van der Waals surface area (Å²) in [4.78, 5) is 35.3. The maximum absolute atomic E-state index is 12.5. The van der Waals surface area contributed by atoms with Crippen LogP contribution in [0.2, 0.25) is 5.02 Å². The number of carbonyl (C=O) groups is 3. The number of aromatic hydroxyl groups is 1. The Morgan fingerprint density at radius 2 is 1.86 bits per heavy atom. The fraction of sp³-hybridized carbons (Fsp3) is 0.217. The van der Waals surface area contributed by atoms with Gasteiger partial charge in [-0.05, 0) is 34.0 Å². The molecule has 0 aliphatic rings. The third-order valence-electron chi connectivity index (χ3n) is 4.60. The Hall–Kier alpha value is -3.93. The van der Waals surface area contributed by atoms with Crippen molar-refractivity contribution in [1.29, 1.82) is 0 Å². The number of aromatic nitrogens is 1. The SMILES string of the molecule is CC(=O)OCOC(=O)C(O)CN(Cc1ccc(-c2cccc(Cl)c2)cc1)NC(=O)c1cc(O)no1. The summed E-state index contributed by atoms with van der Waals surface area (Å²) in [6.07, 6.45) is -1.68. The van der Waals surface area contributed by atoms with Crippen LogP contribution in [0.3, 0.4) is 0 Å². The molecule has 1 amide bonds. The maximum Gasteiger partial charge on any atom is 0.339 e. The zero-order chi connectivity index (χ0) is 25.4. The van der Waals surface area contributed by atoms with E-state index in [0.29, 0.717) is 5.02 Å². The second-order valence-corrected chi connectivity index (χ2v) is 7.75. The van der Waals surface area contributed by atoms with Crippen LogP contribution in [0.4, 0.5) is 0 Å². The molecule has 184 valence electrons. The average molecular weight is 504 g/mol. The van der Waals surface area contributed by atoms with Crippen LogP contribution >= 0.6 is 11.6 Å². The molecule has 0 aliphatic carbocycles. The second-order valence-electron chi connectivity index (χ2n) is 7.31. The largest absolute Gasteiger partial charge is 0.491 e. The van der Waals surface area contributed by atoms with E-state index in [1.807, 2.05) is 30.3 Å². The number of hydrogen-bond acceptors (Lipinski definition) is 10. The third-order valence-corrected chi connectivity index (χ3v) is 4.83. The van der Waals surface area contributed by atoms with Crippen LogP contribution in [-0.2, 0) is 25.6 Å². The number of esters is 2. The van der Waals surface area contributed by atoms with Crippen molar-refractivity contribution in [3.8, 4) is 17.0 Å². The number of amides is 1. The number of benzene rings is 2. The molecule has 12 heteroatoms. The quantitative estimate of drug-likeness (QED) is 0.213. The minimum Gasteiger partial charge on any atom is -0.491 e. The van der Waals surface area contributed by atoms with Crippen LogP contribution in [0.25, 0.3) is 11.1 Å². The summed E-state index contributed by atoms with van der Waals surface area (Å²) in [6.45, 7) is 0.192. The number of aliphatic hydroxyl groups excluding tert-OH is 1. The van der Waals surface area contributed by atoms with Crippen molar-refractivity contribution in [1.82, 2.24) is 15.6 Å². The number of nitrogens with zero attached hydrogens (tertiary/aromatic N) is 2. The van der Waals surface area contributed by atoms with Gasteiger partial charge in [-0.2, -0.15) is 0 Å². The van der Waals surface area contributed by atoms with Crippen LogP contribution in [0.15, 0.2) is 59.1 Å². The van der Waals surface area contributed by atoms with Gasteiger partial charge in [0.25, 0.3) is 5.88 Å². The first-order valence-electron chi connectivity index (χ1n) is 10.3. The summed E-state index contributed by atoms with van der Waals surface area (Å²) in [5, 5.41) is 24.6. The van der Waals surface area contributed by atoms with Gasteiger partial charge < -0.3 is 24.2 Å². The van der Waals surface area contributed by atoms with Gasteiger partial charge in [-0.25, -0.2) is 9.80 Å². The monoisotopic (exact) mass is 503 g/mol. The molecule has 0 fully saturated rings. The number of hydrazine groups is 1. The van der Waals surface area contributed by atoms with Crippen molar-refractivity contribution in [2.24, 2.45) is 0 Å². The van der Waals surface area contributed by atoms with Crippen LogP contribution in [0, 0.1) is 0 Å². The first-order valence-corrected chi connectivity index (χ1v) is 10.6. The van der Waals surface area contributed by atoms with Gasteiger partial charge in [0, 0.05) is 18.5 Å². The van der Waals surface area contributed by atoms with Crippen molar-refractivity contribution in [3.05, 3.63) is 70.9 Å². The highest BCUT2D eigenvalue weighted by Crippen LogP contribution is 2.23. The van der Waals surface area contributed by atoms with Gasteiger partial charge in [0.1, 0.15) is 0 Å². The van der Waals surface area contributed by atoms with E-state index in [-0.39, 0.29) is 18.8 Å². The highest BCUT2D eigenvalue weighted by atomic mass is 35.5. The summed E-state index contributed by atoms with van der Waals surface area (Å²) in [5.41, 5.74) is 5.06. The minimum atomic E-state index is -1.68. The number of hydrogen-bond donors (Lipinski definition) is 3. The number of rotatable bonds is 10. The lowest BCUT2D eigenvalue weighted by atomic mass is 10.0. The van der Waals surface area contributed by atoms with Crippen LogP contribution in [0.1, 0.15) is 23.0 Å². The molecule has 0 saturated carbocycles. The molecule has 1 heterocycles. The van der Waals surface area contributed by atoms with Crippen molar-refractivity contribution >= 4 is 29.4 Å². The molecule has 35 heavy (non-hydrogen) atoms. The molecule has 3 N–H and O–H groups in total. The number of ether oxygens (including phenoxy) is 2. The Morgan fingerprint density at radius 1 is 1.11 bits per heavy atom. The van der Waals surface area contributed by atoms with Crippen LogP contribution < -0.4 is 5.43 Å². The minimum absolute atomic E-state index is 0.0793. The highest BCUT2D eigenvalue weighted by molar-refractivity contribution is 6.30. The maximum atomic E-state index is 12.5. The number of aliphatic hydroxyl groups is 1. The van der Waals surface area contributed by atoms with Crippen molar-refractivity contribution in [2.75, 3.05) is 13.3 Å². The first-order chi connectivity index (χ1) is 16.7. The molecular formula is C23H22ClN3O8. The number of carbonyl (C=O) groups excluding carboxylic acids is 3. The smallest absolute Gasteiger partial charge is 0.339 e. The number of halogens is 1. The van der Waals surface area contributed by atoms with E-state index >= 15 is 0 Å². The lowest BCUT2D eigenvalue weighted by molar-refractivity contribution is -0.173. The normalized spacial score (nSPS) is 11.7. The molecule has 0 radical (unpaired) electrons. The van der Waals surface area contributed by atoms with E-state index in [2.05, 4.69) is 20.1 Å². The van der Waals surface area contributed by atoms with Gasteiger partial charge in [-0.3, -0.25) is 15.0 Å². The lowest BCUT2D eigenvalue weighted by Crippen LogP contribution is -2.47. The topological polar surface area (TPSA) is 151 Å². The van der Waals surface area contributed by atoms with Gasteiger partial charge in [0.2, 0.25) is 12.6 Å². The Kier molecular flexibility index (Phi) is 8.79. The van der Waals surface area contributed by atoms with Crippen molar-refractivity contribution < 1.29 is 38.6 Å². The van der Waals surface area contributed by atoms with Crippen LogP contribution in [0.5, 0.6) is 5.88 Å². The average Bonchev–Trinajstić information content (AvgIpc) is 3.25. The van der Waals surface area contributed by atoms with Gasteiger partial charge in [-0.15, -0.1) is 0 Å². The fourth-order valence-corrected chi connectivity index (χ4v) is 3.15. The Morgan fingerprint density at radius 3 is 2.49 bits per heavy atom. The van der Waals surface area contributed by atoms with Gasteiger partial charge in [-0.1, -0.05) is 48.0 Å². The van der Waals surface area contributed by atoms with Gasteiger partial charge in [0.15, 0.2) is 6.10 Å². The predicted molar refractivity (Wildman–Crippen MR) is 122 cm³/mol. The van der Waals surface area contributed by atoms with E-state index in [9.17, 15) is 24.6 Å². The number of nitrogens with one attached hydrogen (secondary N) is 1. The standard InChI is InChI=1S/C23H22ClN3O8/c1-14(28)33-13-34-23(32)19(29)12-27(25-22(31)20-10-21(30)26-35-20)11-15-5-7-16(8-6-15)17-3-2-4-18(24)9-17/h2-10,19,29H,11-13H2,1H3,(H,25,31)(H,26,30). The summed E-state index contributed by atoms with van der Waals surface area (Å²) in [7, 11) is 0. The third kappa shape index (κ3) is 7.81. The Labute approximate surface area is 204 Å². The van der Waals surface area contributed by atoms with Gasteiger partial charge in [0.05, 0.1) is 12.6 Å². The summed E-state index contributed by atoms with van der Waals surface area (Å²) >= 11 is 6.06. The molecule has 0 bridgehead atoms. The molecule has 3 rings (SSSR count). The second kappa shape index (κ2) is 12.0. The molecule has 0 saturated heterocycles. The van der Waals surface area contributed by atoms with Crippen molar-refractivity contribution in [2.45, 2.75) is 19.6 Å². The fourth-order valence-electron chi connectivity index (χ4n) is 2.96. The van der Waals surface area contributed by atoms with E-state index < -0.39 is 36.6 Å². The van der Waals surface area contributed by atoms with E-state index in [0.717, 1.165) is 29.7 Å². The van der Waals surface area contributed by atoms with Crippen molar-refractivity contribution in [3.63, 3.8) is 0 Å². The Bertz CT molecular complexity index is 1180. The van der Waals surface area contributed by atoms with E-state index in [1.54, 1.807) is 18.2 Å². The molecule has 1 unspecified atom stereocenters. The summed E-state index contributed by atoms with van der Waals surface area (Å²) < 4.78 is 13.9. The molecule has 1 atom stereocenters. The van der Waals surface area contributed by atoms with E-state index in [1.165, 1.54) is 5.01 Å². The molecule has 11 nitrogen and oxygen atoms in total. The zero-order valence-electron chi connectivity index (χ0n) is 18.5. The molecule has 2 aromatic carbocycles. The predicted octanol–water partition coefficient (Wildman–Crippen LogP) is 2.27.